The van der Waals surface area contributed by atoms with Crippen LogP contribution in [0.2, 0.25) is 0 Å². The average molecular weight is 279 g/mol. The molecular formula is C13H21N5O2. The highest BCUT2D eigenvalue weighted by atomic mass is 16.6. The maximum Gasteiger partial charge on any atom is 0.311 e. The minimum absolute atomic E-state index is 0.0187. The molecule has 2 rings (SSSR count). The largest absolute Gasteiger partial charge is 0.361 e. The number of pyridine rings is 1. The third-order valence-corrected chi connectivity index (χ3v) is 3.97. The standard InChI is InChI=1S/C13H21N5O2/c1-8-3-4-10(9(2)7-8)15-13-11(18(19)20)5-6-12(16-13)17-14/h5-6,8-10H,3-4,7,14H2,1-2H3,(H2,15,16,17). The van der Waals surface area contributed by atoms with Crippen molar-refractivity contribution in [3.8, 4) is 0 Å². The number of nitrogens with zero attached hydrogens (tertiary/aromatic N) is 2. The first-order valence-corrected chi connectivity index (χ1v) is 6.90. The Kier molecular flexibility index (Phi) is 4.39. The normalized spacial score (nSPS) is 26.1. The van der Waals surface area contributed by atoms with Crippen LogP contribution in [0, 0.1) is 22.0 Å². The van der Waals surface area contributed by atoms with Gasteiger partial charge in [0.05, 0.1) is 4.92 Å². The lowest BCUT2D eigenvalue weighted by atomic mass is 9.80. The Morgan fingerprint density at radius 1 is 1.40 bits per heavy atom. The summed E-state index contributed by atoms with van der Waals surface area (Å²) in [6.45, 7) is 4.41. The second kappa shape index (κ2) is 6.04. The number of nitrogens with one attached hydrogen (secondary N) is 2. The fourth-order valence-electron chi connectivity index (χ4n) is 2.84. The van der Waals surface area contributed by atoms with Crippen molar-refractivity contribution in [2.24, 2.45) is 17.7 Å². The molecule has 7 nitrogen and oxygen atoms in total. The molecule has 0 aromatic carbocycles. The van der Waals surface area contributed by atoms with Gasteiger partial charge in [-0.05, 0) is 37.2 Å². The van der Waals surface area contributed by atoms with Gasteiger partial charge >= 0.3 is 5.69 Å². The number of rotatable bonds is 4. The van der Waals surface area contributed by atoms with Gasteiger partial charge < -0.3 is 10.7 Å². The van der Waals surface area contributed by atoms with Crippen molar-refractivity contribution in [2.75, 3.05) is 10.7 Å². The molecule has 1 aliphatic carbocycles. The van der Waals surface area contributed by atoms with E-state index < -0.39 is 4.92 Å². The van der Waals surface area contributed by atoms with E-state index in [1.54, 1.807) is 0 Å². The number of hydrazine groups is 1. The summed E-state index contributed by atoms with van der Waals surface area (Å²) in [7, 11) is 0. The van der Waals surface area contributed by atoms with Gasteiger partial charge in [0.15, 0.2) is 0 Å². The number of hydrogen-bond acceptors (Lipinski definition) is 6. The summed E-state index contributed by atoms with van der Waals surface area (Å²) in [5.74, 6) is 7.19. The molecule has 0 radical (unpaired) electrons. The van der Waals surface area contributed by atoms with Gasteiger partial charge in [0.1, 0.15) is 5.82 Å². The van der Waals surface area contributed by atoms with Gasteiger partial charge in [-0.2, -0.15) is 0 Å². The maximum atomic E-state index is 11.1. The molecular weight excluding hydrogens is 258 g/mol. The third kappa shape index (κ3) is 3.16. The van der Waals surface area contributed by atoms with Crippen molar-refractivity contribution in [1.29, 1.82) is 0 Å². The van der Waals surface area contributed by atoms with Crippen LogP contribution in [0.1, 0.15) is 33.1 Å². The van der Waals surface area contributed by atoms with Crippen LogP contribution in [0.25, 0.3) is 0 Å². The average Bonchev–Trinajstić information content (AvgIpc) is 2.41. The van der Waals surface area contributed by atoms with Crippen molar-refractivity contribution in [1.82, 2.24) is 4.98 Å². The van der Waals surface area contributed by atoms with Gasteiger partial charge in [-0.25, -0.2) is 10.8 Å². The molecule has 0 amide bonds. The minimum Gasteiger partial charge on any atom is -0.361 e. The zero-order chi connectivity index (χ0) is 14.7. The van der Waals surface area contributed by atoms with E-state index in [2.05, 4.69) is 29.6 Å². The molecule has 0 spiro atoms. The van der Waals surface area contributed by atoms with Gasteiger partial charge in [0.25, 0.3) is 0 Å². The Balaban J connectivity index is 2.20. The first-order chi connectivity index (χ1) is 9.51. The summed E-state index contributed by atoms with van der Waals surface area (Å²) in [6.07, 6.45) is 3.26. The Hall–Kier alpha value is -1.89. The maximum absolute atomic E-state index is 11.1. The predicted octanol–water partition coefficient (Wildman–Crippen LogP) is 2.51. The molecule has 0 saturated heterocycles. The second-order valence-corrected chi connectivity index (χ2v) is 5.61. The first-order valence-electron chi connectivity index (χ1n) is 6.90. The van der Waals surface area contributed by atoms with Gasteiger partial charge in [0, 0.05) is 12.1 Å². The first kappa shape index (κ1) is 14.5. The zero-order valence-corrected chi connectivity index (χ0v) is 11.8. The minimum atomic E-state index is -0.425. The Bertz CT molecular complexity index is 494. The molecule has 4 N–H and O–H groups in total. The van der Waals surface area contributed by atoms with Crippen LogP contribution in [-0.2, 0) is 0 Å². The smallest absolute Gasteiger partial charge is 0.311 e. The molecule has 1 saturated carbocycles. The van der Waals surface area contributed by atoms with Crippen molar-refractivity contribution in [3.05, 3.63) is 22.2 Å². The van der Waals surface area contributed by atoms with E-state index >= 15 is 0 Å². The van der Waals surface area contributed by atoms with Crippen LogP contribution in [0.4, 0.5) is 17.3 Å². The van der Waals surface area contributed by atoms with Crippen LogP contribution >= 0.6 is 0 Å². The van der Waals surface area contributed by atoms with Crippen LogP contribution in [0.5, 0.6) is 0 Å². The molecule has 1 aliphatic rings. The molecule has 20 heavy (non-hydrogen) atoms. The second-order valence-electron chi connectivity index (χ2n) is 5.61. The van der Waals surface area contributed by atoms with Crippen LogP contribution in [0.3, 0.4) is 0 Å². The van der Waals surface area contributed by atoms with Crippen LogP contribution < -0.4 is 16.6 Å². The molecule has 1 aromatic rings. The summed E-state index contributed by atoms with van der Waals surface area (Å²) >= 11 is 0. The fourth-order valence-corrected chi connectivity index (χ4v) is 2.84. The molecule has 0 aliphatic heterocycles. The molecule has 1 fully saturated rings. The predicted molar refractivity (Wildman–Crippen MR) is 78.3 cm³/mol. The van der Waals surface area contributed by atoms with Gasteiger partial charge in [0.2, 0.25) is 5.82 Å². The van der Waals surface area contributed by atoms with E-state index in [1.807, 2.05) is 0 Å². The van der Waals surface area contributed by atoms with Crippen molar-refractivity contribution >= 4 is 17.3 Å². The quantitative estimate of drug-likeness (QED) is 0.444. The number of anilines is 2. The fraction of sp³-hybridized carbons (Fsp3) is 0.615. The highest BCUT2D eigenvalue weighted by Crippen LogP contribution is 2.32. The Morgan fingerprint density at radius 3 is 2.75 bits per heavy atom. The molecule has 7 heteroatoms. The number of nitrogens with two attached hydrogens (primary N) is 1. The summed E-state index contributed by atoms with van der Waals surface area (Å²) in [4.78, 5) is 14.8. The highest BCUT2D eigenvalue weighted by molar-refractivity contribution is 5.60. The number of aromatic nitrogens is 1. The highest BCUT2D eigenvalue weighted by Gasteiger charge is 2.27. The van der Waals surface area contributed by atoms with E-state index in [0.29, 0.717) is 17.7 Å². The number of nitro groups is 1. The molecule has 110 valence electrons. The third-order valence-electron chi connectivity index (χ3n) is 3.97. The lowest BCUT2D eigenvalue weighted by molar-refractivity contribution is -0.384. The van der Waals surface area contributed by atoms with E-state index in [0.717, 1.165) is 19.3 Å². The molecule has 1 heterocycles. The summed E-state index contributed by atoms with van der Waals surface area (Å²) in [5.41, 5.74) is 2.40. The van der Waals surface area contributed by atoms with Crippen molar-refractivity contribution < 1.29 is 4.92 Å². The summed E-state index contributed by atoms with van der Waals surface area (Å²) in [6, 6.07) is 3.13. The van der Waals surface area contributed by atoms with E-state index in [-0.39, 0.29) is 17.5 Å². The van der Waals surface area contributed by atoms with Gasteiger partial charge in [-0.1, -0.05) is 13.8 Å². The van der Waals surface area contributed by atoms with Gasteiger partial charge in [-0.3, -0.25) is 10.1 Å². The van der Waals surface area contributed by atoms with Crippen LogP contribution in [0.15, 0.2) is 12.1 Å². The molecule has 0 bridgehead atoms. The summed E-state index contributed by atoms with van der Waals surface area (Å²) in [5, 5.41) is 14.3. The van der Waals surface area contributed by atoms with E-state index in [1.165, 1.54) is 12.1 Å². The molecule has 3 unspecified atom stereocenters. The summed E-state index contributed by atoms with van der Waals surface area (Å²) < 4.78 is 0. The van der Waals surface area contributed by atoms with Crippen molar-refractivity contribution in [3.63, 3.8) is 0 Å². The zero-order valence-electron chi connectivity index (χ0n) is 11.8. The Labute approximate surface area is 118 Å². The molecule has 1 aromatic heterocycles. The van der Waals surface area contributed by atoms with Crippen LogP contribution in [-0.4, -0.2) is 15.9 Å². The Morgan fingerprint density at radius 2 is 2.15 bits per heavy atom. The molecule has 3 atom stereocenters. The van der Waals surface area contributed by atoms with E-state index in [4.69, 9.17) is 5.84 Å². The number of nitrogen functional groups attached to an aromatic ring is 1. The van der Waals surface area contributed by atoms with Gasteiger partial charge in [-0.15, -0.1) is 0 Å². The lowest BCUT2D eigenvalue weighted by Gasteiger charge is -2.33. The topological polar surface area (TPSA) is 106 Å². The van der Waals surface area contributed by atoms with E-state index in [9.17, 15) is 10.1 Å². The monoisotopic (exact) mass is 279 g/mol. The van der Waals surface area contributed by atoms with Crippen molar-refractivity contribution in [2.45, 2.75) is 39.2 Å². The SMILES string of the molecule is CC1CCC(Nc2nc(NN)ccc2[N+](=O)[O-])C(C)C1. The lowest BCUT2D eigenvalue weighted by Crippen LogP contribution is -2.33. The number of hydrogen-bond donors (Lipinski definition) is 3.